The minimum atomic E-state index is -0.108. The van der Waals surface area contributed by atoms with Crippen LogP contribution in [0.5, 0.6) is 5.75 Å². The lowest BCUT2D eigenvalue weighted by atomic mass is 10.2. The molecule has 0 saturated heterocycles. The van der Waals surface area contributed by atoms with Gasteiger partial charge in [-0.2, -0.15) is 0 Å². The molecule has 1 N–H and O–H groups in total. The highest BCUT2D eigenvalue weighted by Crippen LogP contribution is 2.31. The molecule has 9 heteroatoms. The fourth-order valence-corrected chi connectivity index (χ4v) is 3.68. The van der Waals surface area contributed by atoms with E-state index in [4.69, 9.17) is 16.3 Å². The summed E-state index contributed by atoms with van der Waals surface area (Å²) in [6, 6.07) is 10.6. The highest BCUT2D eigenvalue weighted by Gasteiger charge is 2.13. The van der Waals surface area contributed by atoms with Crippen LogP contribution < -0.4 is 10.3 Å². The van der Waals surface area contributed by atoms with Crippen LogP contribution in [-0.2, 0) is 5.75 Å². The van der Waals surface area contributed by atoms with Gasteiger partial charge < -0.3 is 4.74 Å². The number of aryl methyl sites for hydroxylation is 1. The predicted molar refractivity (Wildman–Crippen MR) is 109 cm³/mol. The number of rotatable bonds is 5. The van der Waals surface area contributed by atoms with Gasteiger partial charge in [0.25, 0.3) is 5.56 Å². The summed E-state index contributed by atoms with van der Waals surface area (Å²) >= 11 is 7.48. The third kappa shape index (κ3) is 3.61. The molecule has 4 aromatic rings. The van der Waals surface area contributed by atoms with E-state index >= 15 is 0 Å². The molecular formula is C19H16ClN5O2S. The van der Waals surface area contributed by atoms with E-state index in [1.165, 1.54) is 17.8 Å². The van der Waals surface area contributed by atoms with Crippen molar-refractivity contribution >= 4 is 29.0 Å². The van der Waals surface area contributed by atoms with Crippen molar-refractivity contribution in [3.05, 3.63) is 69.2 Å². The molecule has 0 aliphatic heterocycles. The lowest BCUT2D eigenvalue weighted by molar-refractivity contribution is 0.416. The summed E-state index contributed by atoms with van der Waals surface area (Å²) in [7, 11) is 1.59. The van der Waals surface area contributed by atoms with Crippen molar-refractivity contribution in [2.75, 3.05) is 7.11 Å². The fraction of sp³-hybridized carbons (Fsp3) is 0.158. The number of ether oxygens (including phenoxy) is 1. The van der Waals surface area contributed by atoms with Crippen molar-refractivity contribution in [2.24, 2.45) is 0 Å². The molecular weight excluding hydrogens is 398 g/mol. The maximum atomic E-state index is 12.3. The zero-order valence-electron chi connectivity index (χ0n) is 15.1. The first-order valence-corrected chi connectivity index (χ1v) is 9.78. The number of methoxy groups -OCH3 is 1. The van der Waals surface area contributed by atoms with Gasteiger partial charge in [0, 0.05) is 23.0 Å². The first-order valence-electron chi connectivity index (χ1n) is 8.42. The zero-order chi connectivity index (χ0) is 19.7. The fourth-order valence-electron chi connectivity index (χ4n) is 2.82. The van der Waals surface area contributed by atoms with Crippen molar-refractivity contribution in [2.45, 2.75) is 17.8 Å². The smallest absolute Gasteiger partial charge is 0.258 e. The SMILES string of the molecule is COc1ccc(Cl)cc1-c1nc(SCc2cc(=O)n3cccc(C)c3n2)n[nH]1. The number of hydrogen-bond donors (Lipinski definition) is 1. The number of H-pyrrole nitrogens is 1. The standard InChI is InChI=1S/C19H16ClN5O2S/c1-11-4-3-7-25-16(26)9-13(21-18(11)25)10-28-19-22-17(23-24-19)14-8-12(20)5-6-15(14)27-2/h3-9H,10H2,1-2H3,(H,22,23,24). The number of halogens is 1. The van der Waals surface area contributed by atoms with Gasteiger partial charge in [-0.15, -0.1) is 5.10 Å². The number of nitrogens with one attached hydrogen (secondary N) is 1. The van der Waals surface area contributed by atoms with Gasteiger partial charge in [0.1, 0.15) is 11.4 Å². The van der Waals surface area contributed by atoms with Gasteiger partial charge in [-0.1, -0.05) is 29.4 Å². The van der Waals surface area contributed by atoms with Crippen molar-refractivity contribution < 1.29 is 4.74 Å². The van der Waals surface area contributed by atoms with E-state index in [0.29, 0.717) is 38.8 Å². The average molecular weight is 414 g/mol. The Hall–Kier alpha value is -2.84. The Morgan fingerprint density at radius 1 is 1.25 bits per heavy atom. The van der Waals surface area contributed by atoms with E-state index in [2.05, 4.69) is 20.2 Å². The lowest BCUT2D eigenvalue weighted by Crippen LogP contribution is -2.15. The monoisotopic (exact) mass is 413 g/mol. The first kappa shape index (κ1) is 18.5. The number of aromatic amines is 1. The summed E-state index contributed by atoms with van der Waals surface area (Å²) < 4.78 is 6.90. The normalized spacial score (nSPS) is 11.1. The molecule has 0 amide bonds. The van der Waals surface area contributed by atoms with E-state index < -0.39 is 0 Å². The van der Waals surface area contributed by atoms with Crippen LogP contribution in [-0.4, -0.2) is 31.7 Å². The maximum Gasteiger partial charge on any atom is 0.258 e. The van der Waals surface area contributed by atoms with Crippen molar-refractivity contribution in [1.29, 1.82) is 0 Å². The van der Waals surface area contributed by atoms with Gasteiger partial charge in [0.05, 0.1) is 18.4 Å². The molecule has 0 aliphatic rings. The Bertz CT molecular complexity index is 1220. The third-order valence-electron chi connectivity index (χ3n) is 4.17. The number of benzene rings is 1. The number of pyridine rings is 1. The van der Waals surface area contributed by atoms with Crippen molar-refractivity contribution in [3.8, 4) is 17.1 Å². The molecule has 4 rings (SSSR count). The van der Waals surface area contributed by atoms with Crippen LogP contribution in [0.2, 0.25) is 5.02 Å². The van der Waals surface area contributed by atoms with Crippen LogP contribution in [0.4, 0.5) is 0 Å². The summed E-state index contributed by atoms with van der Waals surface area (Å²) in [5.74, 6) is 1.69. The predicted octanol–water partition coefficient (Wildman–Crippen LogP) is 3.74. The molecule has 0 fully saturated rings. The number of hydrogen-bond acceptors (Lipinski definition) is 6. The Balaban J connectivity index is 1.57. The second-order valence-corrected chi connectivity index (χ2v) is 7.45. The van der Waals surface area contributed by atoms with Crippen LogP contribution in [0, 0.1) is 6.92 Å². The summed E-state index contributed by atoms with van der Waals surface area (Å²) in [6.45, 7) is 1.93. The molecule has 7 nitrogen and oxygen atoms in total. The quantitative estimate of drug-likeness (QED) is 0.501. The van der Waals surface area contributed by atoms with Crippen LogP contribution in [0.1, 0.15) is 11.3 Å². The van der Waals surface area contributed by atoms with Crippen LogP contribution in [0.15, 0.2) is 52.5 Å². The van der Waals surface area contributed by atoms with Gasteiger partial charge in [-0.25, -0.2) is 9.97 Å². The Kier molecular flexibility index (Phi) is 5.06. The molecule has 0 aliphatic carbocycles. The van der Waals surface area contributed by atoms with Gasteiger partial charge >= 0.3 is 0 Å². The van der Waals surface area contributed by atoms with E-state index in [1.807, 2.05) is 19.1 Å². The van der Waals surface area contributed by atoms with Crippen LogP contribution in [0.3, 0.4) is 0 Å². The summed E-state index contributed by atoms with van der Waals surface area (Å²) in [5, 5.41) is 8.26. The molecule has 0 atom stereocenters. The van der Waals surface area contributed by atoms with E-state index in [0.717, 1.165) is 11.1 Å². The number of thioether (sulfide) groups is 1. The molecule has 28 heavy (non-hydrogen) atoms. The minimum Gasteiger partial charge on any atom is -0.496 e. The second-order valence-electron chi connectivity index (χ2n) is 6.07. The van der Waals surface area contributed by atoms with Gasteiger partial charge in [0.15, 0.2) is 5.82 Å². The highest BCUT2D eigenvalue weighted by atomic mass is 35.5. The topological polar surface area (TPSA) is 85.2 Å². The molecule has 1 aromatic carbocycles. The molecule has 3 heterocycles. The molecule has 0 saturated carbocycles. The molecule has 0 spiro atoms. The zero-order valence-corrected chi connectivity index (χ0v) is 16.7. The molecule has 142 valence electrons. The highest BCUT2D eigenvalue weighted by molar-refractivity contribution is 7.98. The number of aromatic nitrogens is 5. The molecule has 0 unspecified atom stereocenters. The summed E-state index contributed by atoms with van der Waals surface area (Å²) in [5.41, 5.74) is 2.90. The Morgan fingerprint density at radius 2 is 2.11 bits per heavy atom. The van der Waals surface area contributed by atoms with E-state index in [-0.39, 0.29) is 5.56 Å². The average Bonchev–Trinajstić information content (AvgIpc) is 3.16. The largest absolute Gasteiger partial charge is 0.496 e. The van der Waals surface area contributed by atoms with Crippen LogP contribution >= 0.6 is 23.4 Å². The maximum absolute atomic E-state index is 12.3. The van der Waals surface area contributed by atoms with Crippen molar-refractivity contribution in [1.82, 2.24) is 24.6 Å². The number of fused-ring (bicyclic) bond motifs is 1. The lowest BCUT2D eigenvalue weighted by Gasteiger charge is -2.06. The molecule has 0 radical (unpaired) electrons. The van der Waals surface area contributed by atoms with Gasteiger partial charge in [-0.05, 0) is 36.8 Å². The first-order chi connectivity index (χ1) is 13.5. The van der Waals surface area contributed by atoms with Crippen LogP contribution in [0.25, 0.3) is 17.0 Å². The molecule has 0 bridgehead atoms. The summed E-state index contributed by atoms with van der Waals surface area (Å²) in [4.78, 5) is 21.4. The van der Waals surface area contributed by atoms with E-state index in [1.54, 1.807) is 35.9 Å². The van der Waals surface area contributed by atoms with Gasteiger partial charge in [-0.3, -0.25) is 14.3 Å². The Labute approximate surface area is 169 Å². The summed E-state index contributed by atoms with van der Waals surface area (Å²) in [6.07, 6.45) is 1.72. The molecule has 3 aromatic heterocycles. The second kappa shape index (κ2) is 7.65. The third-order valence-corrected chi connectivity index (χ3v) is 5.29. The number of nitrogens with zero attached hydrogens (tertiary/aromatic N) is 4. The van der Waals surface area contributed by atoms with Gasteiger partial charge in [0.2, 0.25) is 5.16 Å². The van der Waals surface area contributed by atoms with E-state index in [9.17, 15) is 4.79 Å². The minimum absolute atomic E-state index is 0.108. The Morgan fingerprint density at radius 3 is 2.93 bits per heavy atom. The van der Waals surface area contributed by atoms with Crippen molar-refractivity contribution in [3.63, 3.8) is 0 Å².